The number of nitrogens with two attached hydrogens (primary N) is 1. The minimum Gasteiger partial charge on any atom is -0.506 e. The third-order valence-electron chi connectivity index (χ3n) is 3.94. The monoisotopic (exact) mass is 342 g/mol. The maximum absolute atomic E-state index is 10.2. The third kappa shape index (κ3) is 3.36. The van der Waals surface area contributed by atoms with Crippen LogP contribution in [0, 0.1) is 5.92 Å². The van der Waals surface area contributed by atoms with Crippen LogP contribution in [0.3, 0.4) is 0 Å². The van der Waals surface area contributed by atoms with Crippen LogP contribution in [0.25, 0.3) is 0 Å². The summed E-state index contributed by atoms with van der Waals surface area (Å²) in [6, 6.07) is 15.2. The summed E-state index contributed by atoms with van der Waals surface area (Å²) in [6.07, 6.45) is 0. The van der Waals surface area contributed by atoms with Gasteiger partial charge in [0.1, 0.15) is 5.75 Å². The second-order valence-electron chi connectivity index (χ2n) is 5.76. The number of benzene rings is 2. The van der Waals surface area contributed by atoms with Crippen molar-refractivity contribution in [1.29, 1.82) is 0 Å². The first-order chi connectivity index (χ1) is 11.6. The lowest BCUT2D eigenvalue weighted by atomic mass is 9.99. The third-order valence-corrected chi connectivity index (χ3v) is 4.24. The molecule has 1 aliphatic rings. The lowest BCUT2D eigenvalue weighted by Gasteiger charge is -2.13. The molecule has 0 bridgehead atoms. The van der Waals surface area contributed by atoms with Crippen LogP contribution in [0.5, 0.6) is 5.75 Å². The molecule has 0 fully saturated rings. The van der Waals surface area contributed by atoms with E-state index in [1.165, 1.54) is 0 Å². The lowest BCUT2D eigenvalue weighted by Crippen LogP contribution is -2.32. The van der Waals surface area contributed by atoms with E-state index in [1.54, 1.807) is 23.2 Å². The normalized spacial score (nSPS) is 17.9. The molecule has 0 aromatic heterocycles. The number of nitrogens with zero attached hydrogens (tertiary/aromatic N) is 3. The van der Waals surface area contributed by atoms with Crippen LogP contribution >= 0.6 is 11.6 Å². The minimum absolute atomic E-state index is 0.0476. The Hall–Kier alpha value is -2.53. The van der Waals surface area contributed by atoms with E-state index >= 15 is 0 Å². The van der Waals surface area contributed by atoms with E-state index in [-0.39, 0.29) is 11.7 Å². The number of rotatable bonds is 3. The number of phenols is 1. The molecule has 1 atom stereocenters. The lowest BCUT2D eigenvalue weighted by molar-refractivity contribution is 0.449. The number of halogens is 1. The van der Waals surface area contributed by atoms with Crippen LogP contribution in [0.1, 0.15) is 18.1 Å². The van der Waals surface area contributed by atoms with Gasteiger partial charge in [0.15, 0.2) is 0 Å². The topological polar surface area (TPSA) is 74.2 Å². The van der Waals surface area contributed by atoms with Crippen molar-refractivity contribution in [3.8, 4) is 5.75 Å². The average Bonchev–Trinajstić information content (AvgIpc) is 2.98. The summed E-state index contributed by atoms with van der Waals surface area (Å²) in [4.78, 5) is 4.40. The number of aromatic hydroxyl groups is 1. The van der Waals surface area contributed by atoms with E-state index in [2.05, 4.69) is 10.1 Å². The van der Waals surface area contributed by atoms with E-state index in [9.17, 15) is 5.11 Å². The molecule has 0 amide bonds. The first-order valence-electron chi connectivity index (χ1n) is 7.74. The second kappa shape index (κ2) is 6.93. The summed E-state index contributed by atoms with van der Waals surface area (Å²) in [7, 11) is 0. The van der Waals surface area contributed by atoms with E-state index in [4.69, 9.17) is 17.3 Å². The number of hydrogen-bond acceptors (Lipinski definition) is 3. The summed E-state index contributed by atoms with van der Waals surface area (Å²) in [5.41, 5.74) is 8.55. The van der Waals surface area contributed by atoms with Crippen LogP contribution in [0.4, 0.5) is 0 Å². The largest absolute Gasteiger partial charge is 0.506 e. The van der Waals surface area contributed by atoms with E-state index in [0.717, 1.165) is 11.3 Å². The predicted molar refractivity (Wildman–Crippen MR) is 97.3 cm³/mol. The molecule has 0 spiro atoms. The number of phenolic OH excluding ortho intramolecular Hbond substituents is 1. The van der Waals surface area contributed by atoms with Crippen molar-refractivity contribution >= 4 is 23.3 Å². The van der Waals surface area contributed by atoms with Gasteiger partial charge in [0.05, 0.1) is 23.8 Å². The molecule has 0 saturated heterocycles. The summed E-state index contributed by atoms with van der Waals surface area (Å²) in [5.74, 6) is 0.522. The maximum Gasteiger partial charge on any atom is 0.212 e. The van der Waals surface area contributed by atoms with Gasteiger partial charge >= 0.3 is 0 Å². The van der Waals surface area contributed by atoms with Crippen LogP contribution in [0.15, 0.2) is 58.6 Å². The zero-order chi connectivity index (χ0) is 17.1. The summed E-state index contributed by atoms with van der Waals surface area (Å²) in [6.45, 7) is 3.15. The van der Waals surface area contributed by atoms with Crippen molar-refractivity contribution in [2.24, 2.45) is 21.7 Å². The van der Waals surface area contributed by atoms with Crippen molar-refractivity contribution in [1.82, 2.24) is 5.01 Å². The molecule has 5 nitrogen and oxygen atoms in total. The highest BCUT2D eigenvalue weighted by Crippen LogP contribution is 2.31. The Morgan fingerprint density at radius 2 is 2.04 bits per heavy atom. The average molecular weight is 343 g/mol. The molecule has 1 heterocycles. The van der Waals surface area contributed by atoms with Crippen LogP contribution < -0.4 is 5.73 Å². The molecule has 1 unspecified atom stereocenters. The molecule has 124 valence electrons. The molecule has 1 aliphatic heterocycles. The fourth-order valence-corrected chi connectivity index (χ4v) is 2.81. The standard InChI is InChI=1S/C18H19ClN4O/c1-12-11-23(18(20)21-10-13-6-3-2-4-7-13)22-16(12)14-8-5-9-15(19)17(14)24/h2-9,12,24H,10-11H2,1H3,(H2,20,21). The van der Waals surface area contributed by atoms with Crippen LogP contribution in [0.2, 0.25) is 5.02 Å². The minimum atomic E-state index is 0.0476. The molecule has 0 saturated carbocycles. The second-order valence-corrected chi connectivity index (χ2v) is 6.17. The summed E-state index contributed by atoms with van der Waals surface area (Å²) in [5, 5.41) is 16.7. The fraction of sp³-hybridized carbons (Fsp3) is 0.222. The molecule has 3 rings (SSSR count). The van der Waals surface area contributed by atoms with Gasteiger partial charge in [-0.05, 0) is 17.7 Å². The van der Waals surface area contributed by atoms with Gasteiger partial charge in [0, 0.05) is 11.5 Å². The Bertz CT molecular complexity index is 789. The first-order valence-corrected chi connectivity index (χ1v) is 8.12. The van der Waals surface area contributed by atoms with Crippen molar-refractivity contribution in [2.75, 3.05) is 6.54 Å². The van der Waals surface area contributed by atoms with Gasteiger partial charge < -0.3 is 10.8 Å². The number of aliphatic imine (C=N–C) groups is 1. The van der Waals surface area contributed by atoms with Gasteiger partial charge in [-0.15, -0.1) is 0 Å². The molecule has 0 radical (unpaired) electrons. The highest BCUT2D eigenvalue weighted by Gasteiger charge is 2.28. The molecule has 6 heteroatoms. The van der Waals surface area contributed by atoms with Gasteiger partial charge in [-0.3, -0.25) is 0 Å². The zero-order valence-electron chi connectivity index (χ0n) is 13.4. The van der Waals surface area contributed by atoms with Gasteiger partial charge in [0.25, 0.3) is 0 Å². The summed E-state index contributed by atoms with van der Waals surface area (Å²) < 4.78 is 0. The van der Waals surface area contributed by atoms with Gasteiger partial charge in [-0.1, -0.05) is 54.9 Å². The Morgan fingerprint density at radius 1 is 1.29 bits per heavy atom. The molecular weight excluding hydrogens is 324 g/mol. The molecular formula is C18H19ClN4O. The number of hydrogen-bond donors (Lipinski definition) is 2. The summed E-state index contributed by atoms with van der Waals surface area (Å²) >= 11 is 5.99. The highest BCUT2D eigenvalue weighted by molar-refractivity contribution is 6.32. The molecule has 2 aromatic rings. The van der Waals surface area contributed by atoms with Crippen LogP contribution in [-0.4, -0.2) is 28.3 Å². The maximum atomic E-state index is 10.2. The van der Waals surface area contributed by atoms with E-state index in [0.29, 0.717) is 29.6 Å². The highest BCUT2D eigenvalue weighted by atomic mass is 35.5. The Kier molecular flexibility index (Phi) is 4.71. The van der Waals surface area contributed by atoms with E-state index in [1.807, 2.05) is 37.3 Å². The quantitative estimate of drug-likeness (QED) is 0.664. The zero-order valence-corrected chi connectivity index (χ0v) is 14.1. The van der Waals surface area contributed by atoms with Crippen LogP contribution in [-0.2, 0) is 6.54 Å². The van der Waals surface area contributed by atoms with Crippen molar-refractivity contribution in [3.05, 3.63) is 64.7 Å². The van der Waals surface area contributed by atoms with Crippen molar-refractivity contribution in [3.63, 3.8) is 0 Å². The SMILES string of the molecule is CC1CN(C(N)=NCc2ccccc2)N=C1c1cccc(Cl)c1O. The smallest absolute Gasteiger partial charge is 0.212 e. The van der Waals surface area contributed by atoms with E-state index < -0.39 is 0 Å². The van der Waals surface area contributed by atoms with Crippen molar-refractivity contribution < 1.29 is 5.11 Å². The Labute approximate surface area is 146 Å². The molecule has 2 aromatic carbocycles. The number of hydrazone groups is 1. The molecule has 0 aliphatic carbocycles. The molecule has 3 N–H and O–H groups in total. The Balaban J connectivity index is 1.80. The number of guanidine groups is 1. The fourth-order valence-electron chi connectivity index (χ4n) is 2.64. The van der Waals surface area contributed by atoms with Gasteiger partial charge in [0.2, 0.25) is 5.96 Å². The first kappa shape index (κ1) is 16.3. The molecule has 24 heavy (non-hydrogen) atoms. The van der Waals surface area contributed by atoms with Gasteiger partial charge in [-0.25, -0.2) is 10.0 Å². The number of para-hydroxylation sites is 1. The Morgan fingerprint density at radius 3 is 2.79 bits per heavy atom. The van der Waals surface area contributed by atoms with Gasteiger partial charge in [-0.2, -0.15) is 5.10 Å². The predicted octanol–water partition coefficient (Wildman–Crippen LogP) is 3.22. The van der Waals surface area contributed by atoms with Crippen molar-refractivity contribution in [2.45, 2.75) is 13.5 Å².